The monoisotopic (exact) mass is 460 g/mol. The number of esters is 1. The Morgan fingerprint density at radius 2 is 1.26 bits per heavy atom. The van der Waals surface area contributed by atoms with E-state index in [0.717, 1.165) is 32.1 Å². The number of carbonyl (C=O) groups is 1. The summed E-state index contributed by atoms with van der Waals surface area (Å²) in [5, 5.41) is 0. The van der Waals surface area contributed by atoms with Crippen LogP contribution < -0.4 is 0 Å². The van der Waals surface area contributed by atoms with Crippen LogP contribution in [0.15, 0.2) is 54.6 Å². The largest absolute Gasteiger partial charge is 0.461 e. The lowest BCUT2D eigenvalue weighted by Gasteiger charge is -2.58. The average molecular weight is 461 g/mol. The second kappa shape index (κ2) is 8.82. The standard InChI is InChI=1S/C31H40O3/c1-6-30(2,3)29(32)33-27-22-16-24-18-23(27)19-25(17-22)28(24)34-31(4,5)26-14-12-21(13-15-26)20-10-8-7-9-11-20/h7-15,22-25,27-28H,6,16-19H2,1-5H3. The molecule has 0 heterocycles. The number of rotatable bonds is 7. The summed E-state index contributed by atoms with van der Waals surface area (Å²) >= 11 is 0. The third kappa shape index (κ3) is 4.33. The van der Waals surface area contributed by atoms with E-state index in [0.29, 0.717) is 29.8 Å². The predicted molar refractivity (Wildman–Crippen MR) is 136 cm³/mol. The SMILES string of the molecule is CCC(C)(C)C(=O)OC1C2CC3CC1CC(C2)C3OC(C)(C)c1ccc(-c2ccccc2)cc1. The van der Waals surface area contributed by atoms with Gasteiger partial charge < -0.3 is 9.47 Å². The fourth-order valence-electron chi connectivity index (χ4n) is 6.70. The lowest BCUT2D eigenvalue weighted by Crippen LogP contribution is -2.58. The molecular weight excluding hydrogens is 420 g/mol. The highest BCUT2D eigenvalue weighted by molar-refractivity contribution is 5.76. The summed E-state index contributed by atoms with van der Waals surface area (Å²) in [7, 11) is 0. The minimum absolute atomic E-state index is 0.0136. The molecule has 3 heteroatoms. The summed E-state index contributed by atoms with van der Waals surface area (Å²) in [6, 6.07) is 19.4. The van der Waals surface area contributed by atoms with Crippen molar-refractivity contribution in [2.75, 3.05) is 0 Å². The topological polar surface area (TPSA) is 35.5 Å². The van der Waals surface area contributed by atoms with E-state index in [4.69, 9.17) is 9.47 Å². The number of ether oxygens (including phenoxy) is 2. The van der Waals surface area contributed by atoms with Crippen molar-refractivity contribution < 1.29 is 14.3 Å². The first-order valence-corrected chi connectivity index (χ1v) is 13.2. The van der Waals surface area contributed by atoms with Gasteiger partial charge in [-0.3, -0.25) is 4.79 Å². The lowest BCUT2D eigenvalue weighted by molar-refractivity contribution is -0.219. The van der Waals surface area contributed by atoms with Gasteiger partial charge in [-0.25, -0.2) is 0 Å². The maximum atomic E-state index is 12.8. The van der Waals surface area contributed by atoms with Gasteiger partial charge in [-0.1, -0.05) is 61.5 Å². The molecule has 0 aromatic heterocycles. The molecule has 4 bridgehead atoms. The minimum Gasteiger partial charge on any atom is -0.461 e. The molecule has 0 atom stereocenters. The molecule has 4 saturated carbocycles. The predicted octanol–water partition coefficient (Wildman–Crippen LogP) is 7.39. The number of hydrogen-bond donors (Lipinski definition) is 0. The molecule has 0 spiro atoms. The van der Waals surface area contributed by atoms with Crippen LogP contribution in [-0.2, 0) is 19.9 Å². The van der Waals surface area contributed by atoms with Gasteiger partial charge in [-0.05, 0) is 100 Å². The van der Waals surface area contributed by atoms with Gasteiger partial charge in [0, 0.05) is 0 Å². The van der Waals surface area contributed by atoms with Crippen molar-refractivity contribution in [1.82, 2.24) is 0 Å². The van der Waals surface area contributed by atoms with Crippen LogP contribution in [0.3, 0.4) is 0 Å². The van der Waals surface area contributed by atoms with Crippen LogP contribution in [0.4, 0.5) is 0 Å². The van der Waals surface area contributed by atoms with Gasteiger partial charge in [0.15, 0.2) is 0 Å². The van der Waals surface area contributed by atoms with Crippen LogP contribution in [0.1, 0.15) is 72.3 Å². The summed E-state index contributed by atoms with van der Waals surface area (Å²) in [5.74, 6) is 2.17. The molecule has 4 aliphatic carbocycles. The molecule has 4 aliphatic rings. The van der Waals surface area contributed by atoms with Gasteiger partial charge in [-0.15, -0.1) is 0 Å². The Bertz CT molecular complexity index is 975. The Hall–Kier alpha value is -2.13. The van der Waals surface area contributed by atoms with Crippen molar-refractivity contribution in [3.05, 3.63) is 60.2 Å². The highest BCUT2D eigenvalue weighted by Crippen LogP contribution is 2.57. The molecule has 34 heavy (non-hydrogen) atoms. The summed E-state index contributed by atoms with van der Waals surface area (Å²) in [4.78, 5) is 12.8. The van der Waals surface area contributed by atoms with E-state index in [2.05, 4.69) is 75.4 Å². The maximum Gasteiger partial charge on any atom is 0.311 e. The van der Waals surface area contributed by atoms with Gasteiger partial charge in [0.25, 0.3) is 0 Å². The van der Waals surface area contributed by atoms with Gasteiger partial charge in [-0.2, -0.15) is 0 Å². The smallest absolute Gasteiger partial charge is 0.311 e. The van der Waals surface area contributed by atoms with Gasteiger partial charge in [0.2, 0.25) is 0 Å². The number of benzene rings is 2. The third-order valence-electron chi connectivity index (χ3n) is 9.08. The van der Waals surface area contributed by atoms with E-state index in [1.807, 2.05) is 13.8 Å². The van der Waals surface area contributed by atoms with Crippen molar-refractivity contribution >= 4 is 5.97 Å². The highest BCUT2D eigenvalue weighted by atomic mass is 16.5. The van der Waals surface area contributed by atoms with Crippen LogP contribution in [-0.4, -0.2) is 18.2 Å². The second-order valence-electron chi connectivity index (χ2n) is 12.1. The lowest BCUT2D eigenvalue weighted by atomic mass is 9.53. The van der Waals surface area contributed by atoms with Gasteiger partial charge >= 0.3 is 5.97 Å². The van der Waals surface area contributed by atoms with E-state index in [9.17, 15) is 4.79 Å². The molecule has 6 rings (SSSR count). The Morgan fingerprint density at radius 1 is 0.765 bits per heavy atom. The molecule has 0 N–H and O–H groups in total. The van der Waals surface area contributed by atoms with E-state index in [-0.39, 0.29) is 23.1 Å². The molecule has 182 valence electrons. The van der Waals surface area contributed by atoms with Crippen molar-refractivity contribution in [2.24, 2.45) is 29.1 Å². The van der Waals surface area contributed by atoms with E-state index < -0.39 is 0 Å². The quantitative estimate of drug-likeness (QED) is 0.404. The molecule has 2 aromatic carbocycles. The zero-order chi connectivity index (χ0) is 24.1. The molecule has 3 nitrogen and oxygen atoms in total. The molecule has 0 aliphatic heterocycles. The van der Waals surface area contributed by atoms with Crippen molar-refractivity contribution in [2.45, 2.75) is 84.5 Å². The maximum absolute atomic E-state index is 12.8. The van der Waals surface area contributed by atoms with E-state index >= 15 is 0 Å². The Kier molecular flexibility index (Phi) is 6.13. The van der Waals surface area contributed by atoms with E-state index in [1.54, 1.807) is 0 Å². The molecule has 0 unspecified atom stereocenters. The summed E-state index contributed by atoms with van der Waals surface area (Å²) in [5.41, 5.74) is 3.00. The van der Waals surface area contributed by atoms with Crippen molar-refractivity contribution in [3.63, 3.8) is 0 Å². The Labute approximate surface area is 205 Å². The second-order valence-corrected chi connectivity index (χ2v) is 12.1. The Balaban J connectivity index is 1.25. The zero-order valence-electron chi connectivity index (χ0n) is 21.4. The number of carbonyl (C=O) groups excluding carboxylic acids is 1. The first-order valence-electron chi connectivity index (χ1n) is 13.2. The van der Waals surface area contributed by atoms with Crippen molar-refractivity contribution in [3.8, 4) is 11.1 Å². The zero-order valence-corrected chi connectivity index (χ0v) is 21.4. The van der Waals surface area contributed by atoms with Gasteiger partial charge in [0.1, 0.15) is 6.10 Å². The molecule has 4 fully saturated rings. The first kappa shape index (κ1) is 23.6. The molecule has 2 aromatic rings. The fraction of sp³-hybridized carbons (Fsp3) is 0.581. The summed E-state index contributed by atoms with van der Waals surface area (Å²) in [6.07, 6.45) is 5.76. The minimum atomic E-state index is -0.388. The van der Waals surface area contributed by atoms with Crippen LogP contribution >= 0.6 is 0 Å². The number of hydrogen-bond acceptors (Lipinski definition) is 3. The molecule has 0 saturated heterocycles. The average Bonchev–Trinajstić information content (AvgIpc) is 2.83. The molecule has 0 radical (unpaired) electrons. The fourth-order valence-corrected chi connectivity index (χ4v) is 6.70. The van der Waals surface area contributed by atoms with Crippen LogP contribution in [0.5, 0.6) is 0 Å². The normalized spacial score (nSPS) is 30.4. The van der Waals surface area contributed by atoms with Crippen LogP contribution in [0.2, 0.25) is 0 Å². The summed E-state index contributed by atoms with van der Waals surface area (Å²) < 4.78 is 13.1. The summed E-state index contributed by atoms with van der Waals surface area (Å²) in [6.45, 7) is 10.5. The van der Waals surface area contributed by atoms with Crippen LogP contribution in [0.25, 0.3) is 11.1 Å². The molecular formula is C31H40O3. The van der Waals surface area contributed by atoms with Crippen LogP contribution in [0, 0.1) is 29.1 Å². The third-order valence-corrected chi connectivity index (χ3v) is 9.08. The van der Waals surface area contributed by atoms with E-state index in [1.165, 1.54) is 16.7 Å². The Morgan fingerprint density at radius 3 is 1.79 bits per heavy atom. The van der Waals surface area contributed by atoms with Gasteiger partial charge in [0.05, 0.1) is 17.1 Å². The molecule has 0 amide bonds. The highest BCUT2D eigenvalue weighted by Gasteiger charge is 2.56. The first-order chi connectivity index (χ1) is 16.2. The van der Waals surface area contributed by atoms with Crippen molar-refractivity contribution in [1.29, 1.82) is 0 Å².